The first kappa shape index (κ1) is 13.6. The number of hydrogen-bond donors (Lipinski definition) is 0. The molecule has 3 heteroatoms. The van der Waals surface area contributed by atoms with E-state index in [1.807, 2.05) is 0 Å². The van der Waals surface area contributed by atoms with Crippen LogP contribution in [0, 0.1) is 0 Å². The molecule has 0 aliphatic heterocycles. The third-order valence-corrected chi connectivity index (χ3v) is 4.86. The molecule has 0 fully saturated rings. The van der Waals surface area contributed by atoms with Crippen molar-refractivity contribution in [3.63, 3.8) is 0 Å². The van der Waals surface area contributed by atoms with Crippen LogP contribution in [0.1, 0.15) is 22.3 Å². The second-order valence-corrected chi connectivity index (χ2v) is 6.32. The summed E-state index contributed by atoms with van der Waals surface area (Å²) in [5.74, 6) is 0. The summed E-state index contributed by atoms with van der Waals surface area (Å²) >= 11 is 0. The summed E-state index contributed by atoms with van der Waals surface area (Å²) in [4.78, 5) is 0. The van der Waals surface area contributed by atoms with E-state index in [-0.39, 0.29) is 6.04 Å². The molecule has 112 valence electrons. The highest BCUT2D eigenvalue weighted by atomic mass is 16.5. The fourth-order valence-corrected chi connectivity index (χ4v) is 3.62. The minimum atomic E-state index is -0.502. The van der Waals surface area contributed by atoms with Gasteiger partial charge in [0.25, 0.3) is 0 Å². The molecule has 2 aliphatic rings. The van der Waals surface area contributed by atoms with Gasteiger partial charge in [-0.1, -0.05) is 48.5 Å². The molecule has 2 aliphatic carbocycles. The molecule has 0 radical (unpaired) electrons. The van der Waals surface area contributed by atoms with E-state index in [4.69, 9.17) is 4.74 Å². The van der Waals surface area contributed by atoms with Gasteiger partial charge < -0.3 is 4.74 Å². The van der Waals surface area contributed by atoms with E-state index in [1.54, 1.807) is 7.11 Å². The number of nitrogens with zero attached hydrogens (tertiary/aromatic N) is 2. The van der Waals surface area contributed by atoms with E-state index in [2.05, 4.69) is 58.8 Å². The van der Waals surface area contributed by atoms with Crippen molar-refractivity contribution in [2.75, 3.05) is 7.11 Å². The Morgan fingerprint density at radius 3 is 1.86 bits per heavy atom. The van der Waals surface area contributed by atoms with Crippen molar-refractivity contribution >= 4 is 0 Å². The maximum atomic E-state index is 5.76. The van der Waals surface area contributed by atoms with Crippen LogP contribution in [0.15, 0.2) is 58.8 Å². The van der Waals surface area contributed by atoms with E-state index >= 15 is 0 Å². The summed E-state index contributed by atoms with van der Waals surface area (Å²) < 4.78 is 5.76. The molecular weight excluding hydrogens is 272 g/mol. The molecule has 0 unspecified atom stereocenters. The van der Waals surface area contributed by atoms with Crippen LogP contribution in [-0.4, -0.2) is 18.9 Å². The molecule has 2 aromatic carbocycles. The summed E-state index contributed by atoms with van der Waals surface area (Å²) in [6.07, 6.45) is 3.63. The molecule has 0 N–H and O–H groups in total. The summed E-state index contributed by atoms with van der Waals surface area (Å²) in [7, 11) is 1.74. The lowest BCUT2D eigenvalue weighted by Crippen LogP contribution is -2.29. The summed E-state index contributed by atoms with van der Waals surface area (Å²) in [5, 5.41) is 9.30. The molecule has 0 bridgehead atoms. The van der Waals surface area contributed by atoms with Crippen molar-refractivity contribution in [1.29, 1.82) is 0 Å². The first-order valence-electron chi connectivity index (χ1n) is 7.89. The third-order valence-electron chi connectivity index (χ3n) is 4.86. The van der Waals surface area contributed by atoms with Crippen LogP contribution in [0.5, 0.6) is 0 Å². The molecule has 0 saturated carbocycles. The maximum Gasteiger partial charge on any atom is 0.186 e. The largest absolute Gasteiger partial charge is 0.355 e. The Morgan fingerprint density at radius 2 is 1.36 bits per heavy atom. The van der Waals surface area contributed by atoms with Crippen LogP contribution in [0.2, 0.25) is 0 Å². The topological polar surface area (TPSA) is 34.0 Å². The van der Waals surface area contributed by atoms with Crippen LogP contribution in [0.3, 0.4) is 0 Å². The van der Waals surface area contributed by atoms with E-state index in [0.717, 1.165) is 25.7 Å². The predicted octanol–water partition coefficient (Wildman–Crippen LogP) is 3.75. The Kier molecular flexibility index (Phi) is 3.30. The van der Waals surface area contributed by atoms with Crippen LogP contribution in [-0.2, 0) is 30.4 Å². The van der Waals surface area contributed by atoms with E-state index in [9.17, 15) is 0 Å². The van der Waals surface area contributed by atoms with Crippen molar-refractivity contribution < 1.29 is 4.74 Å². The molecule has 2 aromatic rings. The van der Waals surface area contributed by atoms with E-state index in [0.29, 0.717) is 0 Å². The Balaban J connectivity index is 1.51. The number of methoxy groups -OCH3 is 1. The number of rotatable bonds is 3. The Labute approximate surface area is 131 Å². The molecule has 0 heterocycles. The number of ether oxygens (including phenoxy) is 1. The Bertz CT molecular complexity index is 673. The van der Waals surface area contributed by atoms with Crippen molar-refractivity contribution in [2.24, 2.45) is 10.2 Å². The van der Waals surface area contributed by atoms with Gasteiger partial charge >= 0.3 is 0 Å². The second-order valence-electron chi connectivity index (χ2n) is 6.32. The zero-order valence-electron chi connectivity index (χ0n) is 12.8. The highest BCUT2D eigenvalue weighted by Crippen LogP contribution is 2.34. The van der Waals surface area contributed by atoms with Gasteiger partial charge in [0.15, 0.2) is 5.72 Å². The van der Waals surface area contributed by atoms with Crippen molar-refractivity contribution in [2.45, 2.75) is 37.5 Å². The van der Waals surface area contributed by atoms with Gasteiger partial charge in [-0.2, -0.15) is 10.2 Å². The number of hydrogen-bond acceptors (Lipinski definition) is 3. The highest BCUT2D eigenvalue weighted by Gasteiger charge is 2.38. The lowest BCUT2D eigenvalue weighted by molar-refractivity contribution is -0.000906. The van der Waals surface area contributed by atoms with Crippen LogP contribution >= 0.6 is 0 Å². The molecule has 0 saturated heterocycles. The Morgan fingerprint density at radius 1 is 0.864 bits per heavy atom. The molecular formula is C19H20N2O. The van der Waals surface area contributed by atoms with Gasteiger partial charge in [0, 0.05) is 20.0 Å². The summed E-state index contributed by atoms with van der Waals surface area (Å²) in [5.41, 5.74) is 4.98. The zero-order valence-corrected chi connectivity index (χ0v) is 12.8. The standard InChI is InChI=1S/C19H20N2O/c1-22-19(12-16-8-4-5-9-17(16)13-19)21-20-18-10-14-6-2-3-7-15(14)11-18/h2-9,18H,10-13H2,1H3. The number of benzene rings is 2. The number of azo groups is 1. The normalized spacial score (nSPS) is 19.5. The van der Waals surface area contributed by atoms with Gasteiger partial charge in [0.05, 0.1) is 6.04 Å². The van der Waals surface area contributed by atoms with Crippen molar-refractivity contribution in [1.82, 2.24) is 0 Å². The van der Waals surface area contributed by atoms with E-state index in [1.165, 1.54) is 22.3 Å². The van der Waals surface area contributed by atoms with Crippen LogP contribution < -0.4 is 0 Å². The van der Waals surface area contributed by atoms with Crippen molar-refractivity contribution in [3.05, 3.63) is 70.8 Å². The first-order chi connectivity index (χ1) is 10.8. The van der Waals surface area contributed by atoms with Crippen molar-refractivity contribution in [3.8, 4) is 0 Å². The zero-order chi connectivity index (χ0) is 15.0. The van der Waals surface area contributed by atoms with Gasteiger partial charge in [-0.25, -0.2) is 0 Å². The molecule has 0 aromatic heterocycles. The Hall–Kier alpha value is -2.00. The molecule has 4 rings (SSSR count). The lowest BCUT2D eigenvalue weighted by atomic mass is 10.1. The van der Waals surface area contributed by atoms with Gasteiger partial charge in [-0.15, -0.1) is 0 Å². The fraction of sp³-hybridized carbons (Fsp3) is 0.368. The smallest absolute Gasteiger partial charge is 0.186 e. The summed E-state index contributed by atoms with van der Waals surface area (Å²) in [6, 6.07) is 17.3. The van der Waals surface area contributed by atoms with Crippen LogP contribution in [0.25, 0.3) is 0 Å². The minimum Gasteiger partial charge on any atom is -0.355 e. The van der Waals surface area contributed by atoms with Gasteiger partial charge in [-0.3, -0.25) is 0 Å². The predicted molar refractivity (Wildman–Crippen MR) is 86.1 cm³/mol. The van der Waals surface area contributed by atoms with E-state index < -0.39 is 5.72 Å². The quantitative estimate of drug-likeness (QED) is 0.793. The molecule has 3 nitrogen and oxygen atoms in total. The molecule has 0 spiro atoms. The SMILES string of the molecule is COC1(N=NC2Cc3ccccc3C2)Cc2ccccc2C1. The minimum absolute atomic E-state index is 0.258. The van der Waals surface area contributed by atoms with Gasteiger partial charge in [0.2, 0.25) is 0 Å². The number of fused-ring (bicyclic) bond motifs is 2. The maximum absolute atomic E-state index is 5.76. The monoisotopic (exact) mass is 292 g/mol. The fourth-order valence-electron chi connectivity index (χ4n) is 3.62. The summed E-state index contributed by atoms with van der Waals surface area (Å²) in [6.45, 7) is 0. The molecule has 0 atom stereocenters. The average Bonchev–Trinajstić information content (AvgIpc) is 3.14. The third kappa shape index (κ3) is 2.35. The average molecular weight is 292 g/mol. The van der Waals surface area contributed by atoms with Crippen LogP contribution in [0.4, 0.5) is 0 Å². The molecule has 22 heavy (non-hydrogen) atoms. The first-order valence-corrected chi connectivity index (χ1v) is 7.89. The second kappa shape index (κ2) is 5.33. The molecule has 0 amide bonds. The lowest BCUT2D eigenvalue weighted by Gasteiger charge is -2.21. The van der Waals surface area contributed by atoms with Gasteiger partial charge in [0.1, 0.15) is 0 Å². The van der Waals surface area contributed by atoms with Gasteiger partial charge in [-0.05, 0) is 35.1 Å². The highest BCUT2D eigenvalue weighted by molar-refractivity contribution is 5.35.